The van der Waals surface area contributed by atoms with E-state index in [1.165, 1.54) is 17.7 Å². The Morgan fingerprint density at radius 1 is 0.949 bits per heavy atom. The summed E-state index contributed by atoms with van der Waals surface area (Å²) in [6.07, 6.45) is 0. The lowest BCUT2D eigenvalue weighted by Crippen LogP contribution is -2.49. The van der Waals surface area contributed by atoms with Crippen LogP contribution >= 0.6 is 0 Å². The third-order valence-corrected chi connectivity index (χ3v) is 7.11. The largest absolute Gasteiger partial charge is 0.492 e. The molecule has 39 heavy (non-hydrogen) atoms. The van der Waals surface area contributed by atoms with Crippen LogP contribution in [0.1, 0.15) is 28.5 Å². The van der Waals surface area contributed by atoms with Crippen LogP contribution in [0.25, 0.3) is 16.9 Å². The van der Waals surface area contributed by atoms with Crippen molar-refractivity contribution in [1.29, 1.82) is 0 Å². The standard InChI is InChI=1S/C30H31N5O4/c1-4-39-29-8-6-5-7-27(29)32-15-17-33(18-16-32)30(36)28-20-26(23-10-9-21(2)22(3)19-23)31-34(28)24-11-13-25(14-12-24)35(37)38/h5-14,19-20H,4,15-18H2,1-3H3. The molecule has 0 radical (unpaired) electrons. The van der Waals surface area contributed by atoms with Gasteiger partial charge < -0.3 is 14.5 Å². The van der Waals surface area contributed by atoms with E-state index < -0.39 is 4.92 Å². The summed E-state index contributed by atoms with van der Waals surface area (Å²) in [7, 11) is 0. The Morgan fingerprint density at radius 3 is 2.33 bits per heavy atom. The molecule has 9 heteroatoms. The summed E-state index contributed by atoms with van der Waals surface area (Å²) in [6, 6.07) is 22.0. The van der Waals surface area contributed by atoms with Gasteiger partial charge in [-0.15, -0.1) is 0 Å². The molecule has 9 nitrogen and oxygen atoms in total. The second kappa shape index (κ2) is 11.0. The molecule has 1 aliphatic heterocycles. The molecule has 1 aliphatic rings. The molecule has 200 valence electrons. The van der Waals surface area contributed by atoms with Crippen LogP contribution in [0.3, 0.4) is 0 Å². The van der Waals surface area contributed by atoms with Crippen LogP contribution in [0.15, 0.2) is 72.8 Å². The van der Waals surface area contributed by atoms with Crippen LogP contribution in [0, 0.1) is 24.0 Å². The van der Waals surface area contributed by atoms with Crippen molar-refractivity contribution >= 4 is 17.3 Å². The second-order valence-electron chi connectivity index (χ2n) is 9.58. The number of piperazine rings is 1. The van der Waals surface area contributed by atoms with E-state index >= 15 is 0 Å². The van der Waals surface area contributed by atoms with Gasteiger partial charge in [0.15, 0.2) is 0 Å². The summed E-state index contributed by atoms with van der Waals surface area (Å²) in [5, 5.41) is 16.0. The number of ether oxygens (including phenoxy) is 1. The van der Waals surface area contributed by atoms with Crippen molar-refractivity contribution in [3.63, 3.8) is 0 Å². The SMILES string of the molecule is CCOc1ccccc1N1CCN(C(=O)c2cc(-c3ccc(C)c(C)c3)nn2-c2ccc([N+](=O)[O-])cc2)CC1. The molecule has 0 N–H and O–H groups in total. The van der Waals surface area contributed by atoms with E-state index in [9.17, 15) is 14.9 Å². The van der Waals surface area contributed by atoms with Crippen LogP contribution in [-0.2, 0) is 0 Å². The fourth-order valence-corrected chi connectivity index (χ4v) is 4.80. The number of para-hydroxylation sites is 2. The van der Waals surface area contributed by atoms with Crippen LogP contribution in [0.2, 0.25) is 0 Å². The van der Waals surface area contributed by atoms with Gasteiger partial charge in [-0.2, -0.15) is 5.10 Å². The second-order valence-corrected chi connectivity index (χ2v) is 9.58. The van der Waals surface area contributed by atoms with Crippen molar-refractivity contribution in [2.24, 2.45) is 0 Å². The zero-order valence-corrected chi connectivity index (χ0v) is 22.3. The zero-order chi connectivity index (χ0) is 27.5. The van der Waals surface area contributed by atoms with Gasteiger partial charge in [-0.3, -0.25) is 14.9 Å². The van der Waals surface area contributed by atoms with Gasteiger partial charge in [0.05, 0.1) is 28.6 Å². The van der Waals surface area contributed by atoms with Gasteiger partial charge in [0.25, 0.3) is 11.6 Å². The number of nitrogens with zero attached hydrogens (tertiary/aromatic N) is 5. The predicted molar refractivity (Wildman–Crippen MR) is 151 cm³/mol. The molecule has 1 saturated heterocycles. The minimum atomic E-state index is -0.442. The summed E-state index contributed by atoms with van der Waals surface area (Å²) in [6.45, 7) is 9.08. The summed E-state index contributed by atoms with van der Waals surface area (Å²) in [5.41, 5.74) is 5.90. The normalized spacial score (nSPS) is 13.4. The van der Waals surface area contributed by atoms with E-state index in [2.05, 4.69) is 17.9 Å². The highest BCUT2D eigenvalue weighted by Crippen LogP contribution is 2.30. The number of nitro groups is 1. The van der Waals surface area contributed by atoms with Crippen molar-refractivity contribution in [3.05, 3.63) is 99.7 Å². The van der Waals surface area contributed by atoms with Crippen molar-refractivity contribution in [2.45, 2.75) is 20.8 Å². The van der Waals surface area contributed by atoms with Crippen molar-refractivity contribution < 1.29 is 14.5 Å². The highest BCUT2D eigenvalue weighted by Gasteiger charge is 2.27. The number of aromatic nitrogens is 2. The first kappa shape index (κ1) is 26.0. The maximum atomic E-state index is 13.9. The zero-order valence-electron chi connectivity index (χ0n) is 22.3. The van der Waals surface area contributed by atoms with Crippen molar-refractivity contribution in [2.75, 3.05) is 37.7 Å². The van der Waals surface area contributed by atoms with E-state index in [0.29, 0.717) is 49.9 Å². The Morgan fingerprint density at radius 2 is 1.67 bits per heavy atom. The number of hydrogen-bond donors (Lipinski definition) is 0. The van der Waals surface area contributed by atoms with Crippen molar-refractivity contribution in [1.82, 2.24) is 14.7 Å². The van der Waals surface area contributed by atoms with Gasteiger partial charge in [0.1, 0.15) is 11.4 Å². The predicted octanol–water partition coefficient (Wildman–Crippen LogP) is 5.43. The minimum absolute atomic E-state index is 0.0170. The molecule has 1 aromatic heterocycles. The van der Waals surface area contributed by atoms with Crippen LogP contribution in [-0.4, -0.2) is 58.3 Å². The van der Waals surface area contributed by atoms with Crippen LogP contribution in [0.5, 0.6) is 5.75 Å². The van der Waals surface area contributed by atoms with Gasteiger partial charge in [0.2, 0.25) is 0 Å². The molecular weight excluding hydrogens is 494 g/mol. The summed E-state index contributed by atoms with van der Waals surface area (Å²) >= 11 is 0. The molecule has 0 bridgehead atoms. The topological polar surface area (TPSA) is 93.7 Å². The molecule has 0 atom stereocenters. The van der Waals surface area contributed by atoms with Crippen LogP contribution < -0.4 is 9.64 Å². The Hall–Kier alpha value is -4.66. The number of carbonyl (C=O) groups excluding carboxylic acids is 1. The molecule has 0 unspecified atom stereocenters. The lowest BCUT2D eigenvalue weighted by atomic mass is 10.0. The molecule has 0 spiro atoms. The van der Waals surface area contributed by atoms with E-state index in [1.54, 1.807) is 16.8 Å². The number of rotatable bonds is 7. The quantitative estimate of drug-likeness (QED) is 0.236. The Balaban J connectivity index is 1.44. The number of benzene rings is 3. The van der Waals surface area contributed by atoms with Gasteiger partial charge in [-0.1, -0.05) is 24.3 Å². The first-order valence-electron chi connectivity index (χ1n) is 13.0. The molecule has 1 amide bonds. The van der Waals surface area contributed by atoms with Gasteiger partial charge in [0, 0.05) is 43.9 Å². The number of aryl methyl sites for hydroxylation is 2. The molecule has 0 saturated carbocycles. The Labute approximate surface area is 227 Å². The number of amides is 1. The molecule has 2 heterocycles. The van der Waals surface area contributed by atoms with E-state index in [4.69, 9.17) is 9.84 Å². The van der Waals surface area contributed by atoms with Gasteiger partial charge in [-0.05, 0) is 68.3 Å². The van der Waals surface area contributed by atoms with Crippen LogP contribution in [0.4, 0.5) is 11.4 Å². The third kappa shape index (κ3) is 5.34. The first-order valence-corrected chi connectivity index (χ1v) is 13.0. The average molecular weight is 526 g/mol. The first-order chi connectivity index (χ1) is 18.9. The summed E-state index contributed by atoms with van der Waals surface area (Å²) in [4.78, 5) is 28.7. The molecule has 5 rings (SSSR count). The molecule has 3 aromatic carbocycles. The number of carbonyl (C=O) groups is 1. The average Bonchev–Trinajstić information content (AvgIpc) is 3.40. The summed E-state index contributed by atoms with van der Waals surface area (Å²) < 4.78 is 7.40. The fourth-order valence-electron chi connectivity index (χ4n) is 4.80. The fraction of sp³-hybridized carbons (Fsp3) is 0.267. The minimum Gasteiger partial charge on any atom is -0.492 e. The molecule has 1 fully saturated rings. The van der Waals surface area contributed by atoms with Gasteiger partial charge in [-0.25, -0.2) is 4.68 Å². The molecule has 4 aromatic rings. The molecule has 0 aliphatic carbocycles. The maximum absolute atomic E-state index is 13.9. The van der Waals surface area contributed by atoms with E-state index in [-0.39, 0.29) is 11.6 Å². The highest BCUT2D eigenvalue weighted by atomic mass is 16.6. The Bertz CT molecular complexity index is 1500. The number of anilines is 1. The van der Waals surface area contributed by atoms with Gasteiger partial charge >= 0.3 is 0 Å². The summed E-state index contributed by atoms with van der Waals surface area (Å²) in [5.74, 6) is 0.711. The van der Waals surface area contributed by atoms with E-state index in [1.807, 2.05) is 61.2 Å². The van der Waals surface area contributed by atoms with E-state index in [0.717, 1.165) is 22.6 Å². The third-order valence-electron chi connectivity index (χ3n) is 7.11. The number of nitro benzene ring substituents is 1. The lowest BCUT2D eigenvalue weighted by Gasteiger charge is -2.36. The smallest absolute Gasteiger partial charge is 0.272 e. The maximum Gasteiger partial charge on any atom is 0.272 e. The monoisotopic (exact) mass is 525 g/mol. The lowest BCUT2D eigenvalue weighted by molar-refractivity contribution is -0.384. The molecular formula is C30H31N5O4. The number of hydrogen-bond acceptors (Lipinski definition) is 6. The number of non-ortho nitro benzene ring substituents is 1. The highest BCUT2D eigenvalue weighted by molar-refractivity contribution is 5.94. The Kier molecular flexibility index (Phi) is 7.31. The van der Waals surface area contributed by atoms with Crippen molar-refractivity contribution in [3.8, 4) is 22.7 Å².